The fourth-order valence-electron chi connectivity index (χ4n) is 1.13. The van der Waals surface area contributed by atoms with Crippen molar-refractivity contribution in [2.75, 3.05) is 26.0 Å². The number of nitrogens with one attached hydrogen (secondary N) is 1. The van der Waals surface area contributed by atoms with Gasteiger partial charge in [-0.2, -0.15) is 0 Å². The molecule has 0 saturated heterocycles. The molecule has 1 aromatic rings. The zero-order chi connectivity index (χ0) is 12.0. The molecular weight excluding hydrogens is 204 g/mol. The molecule has 4 nitrogen and oxygen atoms in total. The fourth-order valence-corrected chi connectivity index (χ4v) is 1.13. The van der Waals surface area contributed by atoms with E-state index < -0.39 is 0 Å². The number of hydrogen-bond donors (Lipinski definition) is 1. The van der Waals surface area contributed by atoms with Crippen molar-refractivity contribution < 1.29 is 9.53 Å². The predicted molar refractivity (Wildman–Crippen MR) is 64.4 cm³/mol. The summed E-state index contributed by atoms with van der Waals surface area (Å²) in [4.78, 5) is 13.5. The smallest absolute Gasteiger partial charge is 0.342 e. The Bertz CT molecular complexity index is 369. The average Bonchev–Trinajstić information content (AvgIpc) is 2.29. The number of carbonyl (C=O) groups is 1. The quantitative estimate of drug-likeness (QED) is 0.618. The minimum Gasteiger partial charge on any atom is -0.429 e. The van der Waals surface area contributed by atoms with Crippen molar-refractivity contribution in [3.63, 3.8) is 0 Å². The van der Waals surface area contributed by atoms with Crippen molar-refractivity contribution in [3.8, 4) is 0 Å². The molecule has 0 atom stereocenters. The second kappa shape index (κ2) is 5.80. The van der Waals surface area contributed by atoms with E-state index in [-0.39, 0.29) is 5.97 Å². The van der Waals surface area contributed by atoms with E-state index in [9.17, 15) is 4.79 Å². The van der Waals surface area contributed by atoms with E-state index in [4.69, 9.17) is 4.74 Å². The second-order valence-electron chi connectivity index (χ2n) is 3.44. The van der Waals surface area contributed by atoms with Crippen LogP contribution in [0.15, 0.2) is 36.7 Å². The molecule has 16 heavy (non-hydrogen) atoms. The maximum absolute atomic E-state index is 11.5. The first-order chi connectivity index (χ1) is 7.65. The molecule has 0 aliphatic carbocycles. The minimum absolute atomic E-state index is 0.364. The van der Waals surface area contributed by atoms with Crippen LogP contribution in [0, 0.1) is 0 Å². The summed E-state index contributed by atoms with van der Waals surface area (Å²) in [6, 6.07) is 7.23. The summed E-state index contributed by atoms with van der Waals surface area (Å²) in [6.45, 7) is 0. The Morgan fingerprint density at radius 1 is 1.31 bits per heavy atom. The summed E-state index contributed by atoms with van der Waals surface area (Å²) in [5.41, 5.74) is 1.58. The van der Waals surface area contributed by atoms with Gasteiger partial charge < -0.3 is 15.0 Å². The summed E-state index contributed by atoms with van der Waals surface area (Å²) < 4.78 is 4.87. The van der Waals surface area contributed by atoms with Crippen LogP contribution in [-0.4, -0.2) is 27.1 Å². The summed E-state index contributed by atoms with van der Waals surface area (Å²) in [5.74, 6) is -0.364. The lowest BCUT2D eigenvalue weighted by Gasteiger charge is -2.11. The van der Waals surface area contributed by atoms with Crippen LogP contribution in [0.4, 0.5) is 5.69 Å². The van der Waals surface area contributed by atoms with E-state index in [1.807, 2.05) is 31.1 Å². The van der Waals surface area contributed by atoms with Crippen LogP contribution >= 0.6 is 0 Å². The maximum atomic E-state index is 11.5. The first-order valence-electron chi connectivity index (χ1n) is 4.96. The van der Waals surface area contributed by atoms with E-state index in [2.05, 4.69) is 5.32 Å². The molecule has 0 amide bonds. The van der Waals surface area contributed by atoms with Crippen LogP contribution in [0.3, 0.4) is 0 Å². The van der Waals surface area contributed by atoms with Crippen molar-refractivity contribution in [1.82, 2.24) is 5.32 Å². The number of ether oxygens (including phenoxy) is 1. The monoisotopic (exact) mass is 220 g/mol. The van der Waals surface area contributed by atoms with Gasteiger partial charge in [0.05, 0.1) is 5.56 Å². The highest BCUT2D eigenvalue weighted by atomic mass is 16.5. The lowest BCUT2D eigenvalue weighted by molar-refractivity contribution is 0.0662. The fraction of sp³-hybridized carbons (Fsp3) is 0.250. The first-order valence-corrected chi connectivity index (χ1v) is 4.96. The molecule has 4 heteroatoms. The van der Waals surface area contributed by atoms with Gasteiger partial charge in [0.2, 0.25) is 0 Å². The molecule has 0 aromatic heterocycles. The molecule has 0 unspecified atom stereocenters. The van der Waals surface area contributed by atoms with Gasteiger partial charge in [0.25, 0.3) is 0 Å². The number of nitrogens with zero attached hydrogens (tertiary/aromatic N) is 1. The van der Waals surface area contributed by atoms with Gasteiger partial charge in [-0.05, 0) is 24.3 Å². The van der Waals surface area contributed by atoms with Gasteiger partial charge in [0, 0.05) is 33.0 Å². The lowest BCUT2D eigenvalue weighted by atomic mass is 10.2. The SMILES string of the molecule is CN/C=C/OC(=O)c1ccc(N(C)C)cc1. The lowest BCUT2D eigenvalue weighted by Crippen LogP contribution is -2.09. The Balaban J connectivity index is 2.66. The number of esters is 1. The largest absolute Gasteiger partial charge is 0.429 e. The molecule has 0 heterocycles. The predicted octanol–water partition coefficient (Wildman–Crippen LogP) is 1.60. The van der Waals surface area contributed by atoms with E-state index in [1.165, 1.54) is 6.26 Å². The summed E-state index contributed by atoms with van der Waals surface area (Å²) in [7, 11) is 5.63. The molecule has 1 N–H and O–H groups in total. The Morgan fingerprint density at radius 3 is 2.44 bits per heavy atom. The highest BCUT2D eigenvalue weighted by molar-refractivity contribution is 5.90. The molecule has 1 aromatic carbocycles. The summed E-state index contributed by atoms with van der Waals surface area (Å²) in [5, 5.41) is 2.73. The molecule has 0 radical (unpaired) electrons. The number of carbonyl (C=O) groups excluding carboxylic acids is 1. The van der Waals surface area contributed by atoms with Gasteiger partial charge in [0.1, 0.15) is 6.26 Å². The zero-order valence-corrected chi connectivity index (χ0v) is 9.73. The average molecular weight is 220 g/mol. The molecule has 1 rings (SSSR count). The third-order valence-electron chi connectivity index (χ3n) is 2.03. The van der Waals surface area contributed by atoms with Gasteiger partial charge in [0.15, 0.2) is 0 Å². The molecular formula is C12H16N2O2. The second-order valence-corrected chi connectivity index (χ2v) is 3.44. The van der Waals surface area contributed by atoms with Crippen LogP contribution in [0.25, 0.3) is 0 Å². The molecule has 0 aliphatic heterocycles. The maximum Gasteiger partial charge on any atom is 0.342 e. The van der Waals surface area contributed by atoms with Crippen molar-refractivity contribution in [2.45, 2.75) is 0 Å². The molecule has 0 aliphatic rings. The summed E-state index contributed by atoms with van der Waals surface area (Å²) >= 11 is 0. The normalized spacial score (nSPS) is 10.2. The number of anilines is 1. The zero-order valence-electron chi connectivity index (χ0n) is 9.73. The Morgan fingerprint density at radius 2 is 1.94 bits per heavy atom. The van der Waals surface area contributed by atoms with Crippen LogP contribution in [0.2, 0.25) is 0 Å². The van der Waals surface area contributed by atoms with Gasteiger partial charge >= 0.3 is 5.97 Å². The molecule has 86 valence electrons. The Hall–Kier alpha value is -1.97. The number of rotatable bonds is 4. The van der Waals surface area contributed by atoms with Crippen LogP contribution in [0.1, 0.15) is 10.4 Å². The highest BCUT2D eigenvalue weighted by Gasteiger charge is 2.05. The molecule has 0 spiro atoms. The van der Waals surface area contributed by atoms with Gasteiger partial charge in [-0.3, -0.25) is 0 Å². The van der Waals surface area contributed by atoms with Crippen LogP contribution in [0.5, 0.6) is 0 Å². The van der Waals surface area contributed by atoms with Crippen molar-refractivity contribution in [3.05, 3.63) is 42.3 Å². The third-order valence-corrected chi connectivity index (χ3v) is 2.03. The third kappa shape index (κ3) is 3.31. The Labute approximate surface area is 95.5 Å². The Kier molecular flexibility index (Phi) is 4.39. The minimum atomic E-state index is -0.364. The standard InChI is InChI=1S/C12H16N2O2/c1-13-8-9-16-12(15)10-4-6-11(7-5-10)14(2)3/h4-9,13H,1-3H3/b9-8+. The first kappa shape index (κ1) is 12.1. The van der Waals surface area contributed by atoms with E-state index >= 15 is 0 Å². The number of hydrogen-bond acceptors (Lipinski definition) is 4. The van der Waals surface area contributed by atoms with Gasteiger partial charge in [-0.1, -0.05) is 0 Å². The molecule has 0 bridgehead atoms. The summed E-state index contributed by atoms with van der Waals surface area (Å²) in [6.07, 6.45) is 2.87. The van der Waals surface area contributed by atoms with E-state index in [0.717, 1.165) is 5.69 Å². The van der Waals surface area contributed by atoms with Gasteiger partial charge in [-0.25, -0.2) is 4.79 Å². The van der Waals surface area contributed by atoms with Crippen molar-refractivity contribution >= 4 is 11.7 Å². The van der Waals surface area contributed by atoms with Crippen LogP contribution < -0.4 is 10.2 Å². The van der Waals surface area contributed by atoms with Crippen molar-refractivity contribution in [1.29, 1.82) is 0 Å². The molecule has 0 saturated carbocycles. The van der Waals surface area contributed by atoms with Crippen LogP contribution in [-0.2, 0) is 4.74 Å². The van der Waals surface area contributed by atoms with Crippen molar-refractivity contribution in [2.24, 2.45) is 0 Å². The van der Waals surface area contributed by atoms with Gasteiger partial charge in [-0.15, -0.1) is 0 Å². The van der Waals surface area contributed by atoms with E-state index in [1.54, 1.807) is 25.4 Å². The van der Waals surface area contributed by atoms with E-state index in [0.29, 0.717) is 5.56 Å². The molecule has 0 fully saturated rings. The highest BCUT2D eigenvalue weighted by Crippen LogP contribution is 2.12. The number of benzene rings is 1. The topological polar surface area (TPSA) is 41.6 Å².